The third-order valence-corrected chi connectivity index (χ3v) is 30.9. The lowest BCUT2D eigenvalue weighted by Crippen LogP contribution is -2.33. The molecule has 19 N–H and O–H groups in total. The number of hydrogen-bond donors (Lipinski definition) is 17. The number of ether oxygens (including phenoxy) is 7. The number of aliphatic imine (C=N–C) groups is 2. The van der Waals surface area contributed by atoms with Crippen LogP contribution in [0.25, 0.3) is 33.5 Å². The highest BCUT2D eigenvalue weighted by Gasteiger charge is 2.51. The molecule has 0 bridgehead atoms. The summed E-state index contributed by atoms with van der Waals surface area (Å²) in [6.45, 7) is 30.9. The maximum Gasteiger partial charge on any atom is 0.279 e. The summed E-state index contributed by atoms with van der Waals surface area (Å²) in [6, 6.07) is 0. The second kappa shape index (κ2) is 43.9. The molecule has 0 saturated carbocycles. The van der Waals surface area contributed by atoms with Crippen molar-refractivity contribution in [3.63, 3.8) is 0 Å². The molecule has 0 amide bonds. The standard InChI is InChI=1S/C18H32N5O4P.C18H29N4O4P.C17H30N5O4P.C17H27N4O4P.C16H25N4O4P/c1-5-6-8-26-16-12-15(21-18(19)22-16)23(10-20-12)17-14(25)13(24)11(27-17)7-9-28(2,3)4;1-6-7-12-21-13-16(19-10(2)20-17(13)25)22(12)18-15(24)14(23)11(26-18)8-9-27(3,4)5;1-5-7-25-15-11-14(20-17(18)21-15)22(9-19-11)16-13(24)12(23)10(26-16)6-8-27(2,3)4;1-6-11-20-12-15(18-9(2)19-16(12)24)21(11)17-14(23)13(22)10(25-17)7-8-26(3,4)5;1-8-17-14-11(15(23)18-8)19-9(2)20(14)16-13(22)12(21)10(24-16)6-7-25(3,4)5/h10-11,13-14,16-17,24-25H,2,5-9H2,1,3-4H3,(H3,19,21,22);11,14-15,18,23-24H,3,6-9H2,1-2,4-5H3,(H,19,20,25);9-10,12-13,15-16,23-24H,2,5-8H2,1,3-4H3,(H3,18,20,21);10,13-14,17,22-23H,3,6-8H2,1-2,4-5H3,(H,18,19,24);10,12-13,16,21-22H,3,6-7H2,1-2,4-5H3,(H,17,18,23)/t11-,13-,14-,16?,17-;11-,14-,15-,18-;10-,12-,13-,15?,16-;10-,13-,14-,17-;10-,12-,13-,16-/m11111/s1. The van der Waals surface area contributed by atoms with Gasteiger partial charge in [-0.2, -0.15) is 0 Å². The summed E-state index contributed by atoms with van der Waals surface area (Å²) in [5, 5.41) is 111. The van der Waals surface area contributed by atoms with Crippen LogP contribution in [0, 0.1) is 27.7 Å². The summed E-state index contributed by atoms with van der Waals surface area (Å²) in [7, 11) is 0. The van der Waals surface area contributed by atoms with E-state index >= 15 is 0 Å². The highest BCUT2D eigenvalue weighted by molar-refractivity contribution is 7.73. The zero-order valence-corrected chi connectivity index (χ0v) is 84.2. The molecule has 0 radical (unpaired) electrons. The molecule has 47 heteroatoms. The lowest BCUT2D eigenvalue weighted by Gasteiger charge is -2.24. The molecule has 8 aromatic rings. The largest absolute Gasteiger partial charge is 0.388 e. The number of unbranched alkanes of at least 4 members (excludes halogenated alkanes) is 1. The van der Waals surface area contributed by atoms with Crippen molar-refractivity contribution in [3.8, 4) is 0 Å². The zero-order chi connectivity index (χ0) is 97.9. The molecule has 42 nitrogen and oxygen atoms in total. The van der Waals surface area contributed by atoms with Crippen molar-refractivity contribution in [2.45, 2.75) is 261 Å². The Balaban J connectivity index is 0.000000160. The highest BCUT2D eigenvalue weighted by Crippen LogP contribution is 2.48. The Morgan fingerprint density at radius 2 is 0.699 bits per heavy atom. The van der Waals surface area contributed by atoms with E-state index in [-0.39, 0.29) is 45.1 Å². The maximum atomic E-state index is 12.3. The molecular formula is C86H143N22O20P5. The average molecular weight is 1960 g/mol. The molecule has 133 heavy (non-hydrogen) atoms. The zero-order valence-electron chi connectivity index (χ0n) is 79.8. The Bertz CT molecular complexity index is 5880. The van der Waals surface area contributed by atoms with E-state index in [9.17, 15) is 65.4 Å². The van der Waals surface area contributed by atoms with E-state index in [1.165, 1.54) is 0 Å². The average Bonchev–Trinajstić information content (AvgIpc) is 1.59. The van der Waals surface area contributed by atoms with Crippen LogP contribution in [0.1, 0.15) is 175 Å². The van der Waals surface area contributed by atoms with E-state index in [1.807, 2.05) is 20.8 Å². The van der Waals surface area contributed by atoms with Crippen LogP contribution in [0.2, 0.25) is 0 Å². The fraction of sp³-hybridized carbons (Fsp3) is 0.674. The van der Waals surface area contributed by atoms with Gasteiger partial charge in [0.05, 0.1) is 43.2 Å². The second-order valence-corrected chi connectivity index (χ2v) is 60.3. The third-order valence-electron chi connectivity index (χ3n) is 23.6. The Morgan fingerprint density at radius 3 is 1.02 bits per heavy atom. The lowest BCUT2D eigenvalue weighted by molar-refractivity contribution is -0.0368. The molecule has 0 spiro atoms. The predicted molar refractivity (Wildman–Crippen MR) is 531 cm³/mol. The number of fused-ring (bicyclic) bond motifs is 5. The van der Waals surface area contributed by atoms with Crippen molar-refractivity contribution in [1.29, 1.82) is 0 Å². The molecule has 5 saturated heterocycles. The first-order chi connectivity index (χ1) is 62.2. The Labute approximate surface area is 774 Å². The fourth-order valence-electron chi connectivity index (χ4n) is 16.5. The van der Waals surface area contributed by atoms with Gasteiger partial charge < -0.3 is 121 Å². The van der Waals surface area contributed by atoms with E-state index in [1.54, 1.807) is 63.2 Å². The van der Waals surface area contributed by atoms with Crippen molar-refractivity contribution in [2.24, 2.45) is 21.5 Å². The van der Waals surface area contributed by atoms with Crippen LogP contribution in [0.4, 0.5) is 11.6 Å². The normalized spacial score (nSPS) is 28.2. The van der Waals surface area contributed by atoms with Gasteiger partial charge in [0.15, 0.2) is 89.0 Å². The first-order valence-corrected chi connectivity index (χ1v) is 60.4. The number of anilines is 2. The van der Waals surface area contributed by atoms with Crippen LogP contribution in [0.15, 0.2) is 37.0 Å². The minimum atomic E-state index is -1.27. The number of aryl methyl sites for hydroxylation is 6. The number of aromatic amines is 3. The topological polar surface area (TPSA) is 594 Å². The van der Waals surface area contributed by atoms with Gasteiger partial charge in [-0.05, 0) is 177 Å². The highest BCUT2D eigenvalue weighted by atomic mass is 31.2. The van der Waals surface area contributed by atoms with Gasteiger partial charge >= 0.3 is 0 Å². The van der Waals surface area contributed by atoms with Crippen LogP contribution < -0.4 is 38.8 Å². The number of aliphatic hydroxyl groups excluding tert-OH is 10. The summed E-state index contributed by atoms with van der Waals surface area (Å²) in [4.78, 5) is 87.9. The van der Waals surface area contributed by atoms with E-state index in [0.717, 1.165) is 56.5 Å². The van der Waals surface area contributed by atoms with E-state index in [2.05, 4.69) is 181 Å². The summed E-state index contributed by atoms with van der Waals surface area (Å²) < 4.78 is 49.8. The van der Waals surface area contributed by atoms with Crippen LogP contribution in [-0.2, 0) is 46.0 Å². The number of nitrogens with one attached hydrogen (secondary N) is 5. The molecular weight excluding hydrogens is 1820 g/mol. The first-order valence-electron chi connectivity index (χ1n) is 45.2. The molecule has 22 atom stereocenters. The Morgan fingerprint density at radius 1 is 0.398 bits per heavy atom. The van der Waals surface area contributed by atoms with Gasteiger partial charge in [0.1, 0.15) is 119 Å². The van der Waals surface area contributed by atoms with Crippen LogP contribution in [-0.4, -0.2) is 374 Å². The monoisotopic (exact) mass is 1960 g/mol. The summed E-state index contributed by atoms with van der Waals surface area (Å²) in [6.07, 6.45) is 18.3. The number of nitrogens with two attached hydrogens (primary N) is 2. The van der Waals surface area contributed by atoms with Crippen molar-refractivity contribution < 1.29 is 84.2 Å². The van der Waals surface area contributed by atoms with Gasteiger partial charge in [-0.3, -0.25) is 37.2 Å². The second-order valence-electron chi connectivity index (χ2n) is 38.7. The molecule has 15 heterocycles. The lowest BCUT2D eigenvalue weighted by atomic mass is 10.1. The van der Waals surface area contributed by atoms with Gasteiger partial charge in [0, 0.05) is 26.1 Å². The van der Waals surface area contributed by atoms with E-state index in [0.29, 0.717) is 133 Å². The smallest absolute Gasteiger partial charge is 0.279 e. The molecule has 2 unspecified atom stereocenters. The number of imidazole rings is 5. The number of H-pyrrole nitrogens is 3. The Kier molecular flexibility index (Phi) is 35.1. The number of aliphatic hydroxyl groups is 10. The van der Waals surface area contributed by atoms with Gasteiger partial charge in [0.2, 0.25) is 0 Å². The van der Waals surface area contributed by atoms with Crippen LogP contribution in [0.3, 0.4) is 0 Å². The number of guanidine groups is 2. The number of hydrogen-bond acceptors (Lipinski definition) is 34. The molecule has 5 fully saturated rings. The minimum Gasteiger partial charge on any atom is -0.388 e. The minimum absolute atomic E-state index is 0.196. The predicted octanol–water partition coefficient (Wildman–Crippen LogP) is 4.19. The van der Waals surface area contributed by atoms with Crippen molar-refractivity contribution >= 4 is 123 Å². The Hall–Kier alpha value is -7.17. The number of nitrogens with zero attached hydrogens (tertiary/aromatic N) is 15. The molecule has 15 rings (SSSR count). The van der Waals surface area contributed by atoms with Crippen LogP contribution >= 0.6 is 34.4 Å². The number of aromatic nitrogens is 16. The fourth-order valence-corrected chi connectivity index (χ4v) is 21.3. The van der Waals surface area contributed by atoms with Gasteiger partial charge in [0.25, 0.3) is 16.7 Å². The van der Waals surface area contributed by atoms with Gasteiger partial charge in [-0.25, -0.2) is 49.9 Å². The van der Waals surface area contributed by atoms with Crippen molar-refractivity contribution in [3.05, 3.63) is 90.1 Å². The third kappa shape index (κ3) is 25.7. The van der Waals surface area contributed by atoms with Gasteiger partial charge in [-0.15, -0.1) is 65.9 Å². The molecule has 8 aromatic heterocycles. The van der Waals surface area contributed by atoms with E-state index < -0.39 is 170 Å². The van der Waals surface area contributed by atoms with E-state index in [4.69, 9.17) is 44.6 Å². The summed E-state index contributed by atoms with van der Waals surface area (Å²) in [5.41, 5.74) is 13.7. The number of rotatable bonds is 30. The SMILES string of the molecule is C=P(C)(C)CC[C@H]1O[C@@H](n2c(C)nc3c(=O)[nH]c(C)nc32)[C@H](O)[C@@H]1O.C=P(C)(C)CC[C@H]1O[C@@H](n2c(CC)nc3c(=O)[nH]c(C)nc32)[C@H](O)[C@@H]1O.C=P(C)(C)CC[C@H]1O[C@@H](n2c(CCC)nc3c(=O)[nH]c(C)nc32)[C@H](O)[C@@H]1O.C=P(C)(C)CC[C@H]1O[C@@H](n2cnc3c2NC(N)=NC3OCCC)[C@H](O)[C@@H]1O.C=P(C)(C)CC[C@H]1O[C@@H](n2cnc3c2NC(N)=NC3OCCCC)[C@H](O)[C@@H]1O. The van der Waals surface area contributed by atoms with Crippen LogP contribution in [0.5, 0.6) is 0 Å². The maximum absolute atomic E-state index is 12.3. The quantitative estimate of drug-likeness (QED) is 0.0222. The molecule has 7 aliphatic heterocycles. The van der Waals surface area contributed by atoms with Crippen molar-refractivity contribution in [1.82, 2.24) is 77.7 Å². The molecule has 0 aromatic carbocycles. The first kappa shape index (κ1) is 106. The molecule has 0 aliphatic carbocycles. The molecule has 742 valence electrons. The summed E-state index contributed by atoms with van der Waals surface area (Å²) >= 11 is 0. The van der Waals surface area contributed by atoms with Crippen molar-refractivity contribution in [2.75, 3.05) is 121 Å². The summed E-state index contributed by atoms with van der Waals surface area (Å²) in [5.74, 6) is 4.63. The molecule has 7 aliphatic rings. The van der Waals surface area contributed by atoms with Gasteiger partial charge in [-0.1, -0.05) is 34.1 Å².